The molecule has 3 aromatic rings. The van der Waals surface area contributed by atoms with Crippen molar-refractivity contribution in [3.05, 3.63) is 71.2 Å². The van der Waals surface area contributed by atoms with E-state index in [1.54, 1.807) is 25.1 Å². The van der Waals surface area contributed by atoms with E-state index in [0.29, 0.717) is 11.3 Å². The maximum absolute atomic E-state index is 12.4. The lowest BCUT2D eigenvalue weighted by molar-refractivity contribution is 0.0439. The van der Waals surface area contributed by atoms with Crippen molar-refractivity contribution in [2.24, 2.45) is 0 Å². The number of fused-ring (bicyclic) bond motifs is 1. The summed E-state index contributed by atoms with van der Waals surface area (Å²) in [6.07, 6.45) is 1.51. The summed E-state index contributed by atoms with van der Waals surface area (Å²) in [5.74, 6) is -1.06. The second kappa shape index (κ2) is 7.74. The number of rotatable bonds is 5. The molecule has 0 amide bonds. The molecule has 2 aromatic heterocycles. The molecule has 0 aliphatic rings. The number of pyridine rings is 2. The average molecular weight is 350 g/mol. The first-order chi connectivity index (χ1) is 12.6. The van der Waals surface area contributed by atoms with Crippen molar-refractivity contribution >= 4 is 22.8 Å². The van der Waals surface area contributed by atoms with E-state index in [1.165, 1.54) is 6.20 Å². The highest BCUT2D eigenvalue weighted by Crippen LogP contribution is 2.24. The number of aromatic nitrogens is 2. The van der Waals surface area contributed by atoms with Crippen LogP contribution in [0, 0.1) is 6.92 Å². The predicted octanol–water partition coefficient (Wildman–Crippen LogP) is 3.47. The Morgan fingerprint density at radius 1 is 1.00 bits per heavy atom. The van der Waals surface area contributed by atoms with E-state index in [2.05, 4.69) is 9.97 Å². The van der Waals surface area contributed by atoms with Crippen molar-refractivity contribution < 1.29 is 19.1 Å². The molecule has 0 unspecified atom stereocenters. The first-order valence-electron chi connectivity index (χ1n) is 8.25. The third kappa shape index (κ3) is 3.54. The van der Waals surface area contributed by atoms with E-state index in [1.807, 2.05) is 31.2 Å². The molecule has 0 aliphatic carbocycles. The van der Waals surface area contributed by atoms with Gasteiger partial charge in [-0.05, 0) is 37.6 Å². The molecule has 0 spiro atoms. The van der Waals surface area contributed by atoms with Gasteiger partial charge in [-0.15, -0.1) is 0 Å². The summed E-state index contributed by atoms with van der Waals surface area (Å²) in [6, 6.07) is 12.5. The molecule has 0 fully saturated rings. The minimum absolute atomic E-state index is 0.144. The number of hydrogen-bond donors (Lipinski definition) is 0. The zero-order valence-corrected chi connectivity index (χ0v) is 14.6. The molecular weight excluding hydrogens is 332 g/mol. The molecule has 3 rings (SSSR count). The summed E-state index contributed by atoms with van der Waals surface area (Å²) >= 11 is 0. The first kappa shape index (κ1) is 17.5. The van der Waals surface area contributed by atoms with E-state index < -0.39 is 11.9 Å². The van der Waals surface area contributed by atoms with E-state index in [0.717, 1.165) is 16.5 Å². The normalized spacial score (nSPS) is 10.5. The Morgan fingerprint density at radius 2 is 1.77 bits per heavy atom. The number of aryl methyl sites for hydroxylation is 1. The van der Waals surface area contributed by atoms with Crippen LogP contribution in [0.5, 0.6) is 0 Å². The lowest BCUT2D eigenvalue weighted by Crippen LogP contribution is -2.15. The van der Waals surface area contributed by atoms with Gasteiger partial charge in [-0.2, -0.15) is 0 Å². The van der Waals surface area contributed by atoms with Gasteiger partial charge in [0, 0.05) is 11.6 Å². The van der Waals surface area contributed by atoms with E-state index in [4.69, 9.17) is 9.47 Å². The van der Waals surface area contributed by atoms with E-state index in [-0.39, 0.29) is 18.9 Å². The van der Waals surface area contributed by atoms with Crippen molar-refractivity contribution in [1.82, 2.24) is 9.97 Å². The summed E-state index contributed by atoms with van der Waals surface area (Å²) in [4.78, 5) is 33.0. The fraction of sp³-hybridized carbons (Fsp3) is 0.200. The lowest BCUT2D eigenvalue weighted by Gasteiger charge is -2.14. The zero-order chi connectivity index (χ0) is 18.5. The molecule has 26 heavy (non-hydrogen) atoms. The Morgan fingerprint density at radius 3 is 2.50 bits per heavy atom. The highest BCUT2D eigenvalue weighted by Gasteiger charge is 2.21. The third-order valence-electron chi connectivity index (χ3n) is 3.92. The zero-order valence-electron chi connectivity index (χ0n) is 14.6. The van der Waals surface area contributed by atoms with Crippen LogP contribution in [0.25, 0.3) is 10.9 Å². The monoisotopic (exact) mass is 350 g/mol. The number of ether oxygens (including phenoxy) is 2. The molecule has 0 radical (unpaired) electrons. The van der Waals surface area contributed by atoms with Crippen LogP contribution < -0.4 is 0 Å². The maximum Gasteiger partial charge on any atom is 0.357 e. The molecule has 2 heterocycles. The largest absolute Gasteiger partial charge is 0.462 e. The Kier molecular flexibility index (Phi) is 5.22. The van der Waals surface area contributed by atoms with Gasteiger partial charge in [-0.1, -0.05) is 24.3 Å². The minimum Gasteiger partial charge on any atom is -0.462 e. The van der Waals surface area contributed by atoms with Crippen LogP contribution in [-0.2, 0) is 16.1 Å². The fourth-order valence-electron chi connectivity index (χ4n) is 2.71. The van der Waals surface area contributed by atoms with Gasteiger partial charge in [0.25, 0.3) is 0 Å². The molecule has 0 N–H and O–H groups in total. The second-order valence-electron chi connectivity index (χ2n) is 5.59. The quantitative estimate of drug-likeness (QED) is 0.656. The minimum atomic E-state index is -0.576. The third-order valence-corrected chi connectivity index (χ3v) is 3.92. The topological polar surface area (TPSA) is 78.4 Å². The first-order valence-corrected chi connectivity index (χ1v) is 8.25. The number of carbonyl (C=O) groups is 2. The van der Waals surface area contributed by atoms with Gasteiger partial charge >= 0.3 is 11.9 Å². The van der Waals surface area contributed by atoms with Crippen LogP contribution in [0.3, 0.4) is 0 Å². The highest BCUT2D eigenvalue weighted by atomic mass is 16.5. The van der Waals surface area contributed by atoms with E-state index >= 15 is 0 Å². The molecule has 6 heteroatoms. The van der Waals surface area contributed by atoms with Crippen LogP contribution in [0.4, 0.5) is 0 Å². The summed E-state index contributed by atoms with van der Waals surface area (Å²) in [5.41, 5.74) is 2.37. The number of nitrogens with zero attached hydrogens (tertiary/aromatic N) is 2. The van der Waals surface area contributed by atoms with Crippen molar-refractivity contribution in [1.29, 1.82) is 0 Å². The van der Waals surface area contributed by atoms with Crippen LogP contribution in [0.1, 0.15) is 39.0 Å². The smallest absolute Gasteiger partial charge is 0.357 e. The maximum atomic E-state index is 12.4. The summed E-state index contributed by atoms with van der Waals surface area (Å²) in [5, 5.41) is 0.857. The second-order valence-corrected chi connectivity index (χ2v) is 5.59. The van der Waals surface area contributed by atoms with E-state index in [9.17, 15) is 9.59 Å². The van der Waals surface area contributed by atoms with Gasteiger partial charge < -0.3 is 9.47 Å². The van der Waals surface area contributed by atoms with Crippen LogP contribution in [0.2, 0.25) is 0 Å². The molecule has 0 aliphatic heterocycles. The molecule has 132 valence electrons. The van der Waals surface area contributed by atoms with Gasteiger partial charge in [0.1, 0.15) is 12.3 Å². The van der Waals surface area contributed by atoms with Gasteiger partial charge in [-0.25, -0.2) is 19.6 Å². The predicted molar refractivity (Wildman–Crippen MR) is 95.8 cm³/mol. The number of hydrogen-bond acceptors (Lipinski definition) is 6. The molecular formula is C20H18N2O4. The highest BCUT2D eigenvalue weighted by molar-refractivity contribution is 5.98. The number of benzene rings is 1. The number of esters is 2. The van der Waals surface area contributed by atoms with Crippen LogP contribution in [-0.4, -0.2) is 28.5 Å². The Hall–Kier alpha value is -3.28. The Balaban J connectivity index is 1.96. The molecule has 0 atom stereocenters. The summed E-state index contributed by atoms with van der Waals surface area (Å²) in [6.45, 7) is 3.68. The van der Waals surface area contributed by atoms with Crippen molar-refractivity contribution in [2.75, 3.05) is 6.61 Å². The summed E-state index contributed by atoms with van der Waals surface area (Å²) in [7, 11) is 0. The standard InChI is InChI=1S/C20H18N2O4/c1-3-25-20(24)18-13(2)14-8-4-5-9-15(14)22-17(18)12-26-19(23)16-10-6-7-11-21-16/h4-11H,3,12H2,1-2H3. The molecule has 0 saturated heterocycles. The van der Waals surface area contributed by atoms with Crippen molar-refractivity contribution in [3.63, 3.8) is 0 Å². The Labute approximate surface area is 150 Å². The molecule has 0 bridgehead atoms. The molecule has 0 saturated carbocycles. The van der Waals surface area contributed by atoms with Crippen molar-refractivity contribution in [2.45, 2.75) is 20.5 Å². The van der Waals surface area contributed by atoms with Gasteiger partial charge in [-0.3, -0.25) is 0 Å². The van der Waals surface area contributed by atoms with Gasteiger partial charge in [0.2, 0.25) is 0 Å². The fourth-order valence-corrected chi connectivity index (χ4v) is 2.71. The van der Waals surface area contributed by atoms with Gasteiger partial charge in [0.15, 0.2) is 0 Å². The van der Waals surface area contributed by atoms with Crippen LogP contribution in [0.15, 0.2) is 48.7 Å². The SMILES string of the molecule is CCOC(=O)c1c(COC(=O)c2ccccn2)nc2ccccc2c1C. The number of para-hydroxylation sites is 1. The number of carbonyl (C=O) groups excluding carboxylic acids is 2. The average Bonchev–Trinajstić information content (AvgIpc) is 2.67. The van der Waals surface area contributed by atoms with Crippen LogP contribution >= 0.6 is 0 Å². The lowest BCUT2D eigenvalue weighted by atomic mass is 10.0. The summed E-state index contributed by atoms with van der Waals surface area (Å²) < 4.78 is 10.5. The van der Waals surface area contributed by atoms with Crippen molar-refractivity contribution in [3.8, 4) is 0 Å². The molecule has 1 aromatic carbocycles. The Bertz CT molecular complexity index is 955. The molecule has 6 nitrogen and oxygen atoms in total. The van der Waals surface area contributed by atoms with Gasteiger partial charge in [0.05, 0.1) is 23.4 Å².